The van der Waals surface area contributed by atoms with Crippen LogP contribution in [0.5, 0.6) is 0 Å². The van der Waals surface area contributed by atoms with Crippen molar-refractivity contribution in [1.82, 2.24) is 20.3 Å². The summed E-state index contributed by atoms with van der Waals surface area (Å²) in [4.78, 5) is 25.9. The second kappa shape index (κ2) is 21.4. The second-order valence-electron chi connectivity index (χ2n) is 12.5. The number of rotatable bonds is 21. The molecule has 3 heterocycles. The molecule has 0 radical (unpaired) electrons. The molecule has 2 fully saturated rings. The molecule has 2 amide bonds. The van der Waals surface area contributed by atoms with Crippen LogP contribution in [0.3, 0.4) is 0 Å². The number of anilines is 1. The minimum atomic E-state index is -1.79. The molecule has 0 bridgehead atoms. The highest BCUT2D eigenvalue weighted by Crippen LogP contribution is 2.33. The Morgan fingerprint density at radius 2 is 1.55 bits per heavy atom. The average molecular weight is 722 g/mol. The maximum absolute atomic E-state index is 13.2. The summed E-state index contributed by atoms with van der Waals surface area (Å²) in [6.07, 6.45) is -4.52. The summed E-state index contributed by atoms with van der Waals surface area (Å²) in [5.41, 5.74) is 0. The number of aliphatic hydroxyl groups excluding tert-OH is 7. The first kappa shape index (κ1) is 41.5. The van der Waals surface area contributed by atoms with E-state index >= 15 is 0 Å². The number of hydrogen-bond acceptors (Lipinski definition) is 15. The van der Waals surface area contributed by atoms with E-state index in [1.807, 2.05) is 6.92 Å². The van der Waals surface area contributed by atoms with Gasteiger partial charge < -0.3 is 60.6 Å². The topological polar surface area (TPSA) is 258 Å². The van der Waals surface area contributed by atoms with E-state index < -0.39 is 86.5 Å². The van der Waals surface area contributed by atoms with E-state index in [9.17, 15) is 45.3 Å². The Bertz CT molecular complexity index is 1120. The van der Waals surface area contributed by atoms with E-state index in [4.69, 9.17) is 14.2 Å². The lowest BCUT2D eigenvalue weighted by atomic mass is 9.96. The zero-order valence-corrected chi connectivity index (χ0v) is 29.1. The lowest BCUT2D eigenvalue weighted by molar-refractivity contribution is -0.347. The maximum atomic E-state index is 13.2. The molecule has 282 valence electrons. The Morgan fingerprint density at radius 1 is 0.878 bits per heavy atom. The highest BCUT2D eigenvalue weighted by Gasteiger charge is 2.51. The first-order valence-electron chi connectivity index (χ1n) is 17.2. The van der Waals surface area contributed by atoms with Crippen LogP contribution in [0.4, 0.5) is 5.82 Å². The third-order valence-electron chi connectivity index (χ3n) is 8.54. The summed E-state index contributed by atoms with van der Waals surface area (Å²) in [7, 11) is 0. The van der Waals surface area contributed by atoms with Gasteiger partial charge in [-0.05, 0) is 18.6 Å². The summed E-state index contributed by atoms with van der Waals surface area (Å²) in [6, 6.07) is -0.833. The molecule has 0 aromatic carbocycles. The summed E-state index contributed by atoms with van der Waals surface area (Å²) in [5, 5.41) is 85.0. The third kappa shape index (κ3) is 12.1. The van der Waals surface area contributed by atoms with Crippen molar-refractivity contribution in [2.45, 2.75) is 145 Å². The molecule has 0 saturated carbocycles. The summed E-state index contributed by atoms with van der Waals surface area (Å²) in [6.45, 7) is 2.76. The SMILES string of the molecule is CCCCCCCCCCC(=O)N[C@H](CSCCC)C(=O)Nc1cn([C@@H]2OC(CO)C(OC3OC(CO)C(O)C(O)C3O)C(O)C2O)nn1. The lowest BCUT2D eigenvalue weighted by Crippen LogP contribution is -2.63. The van der Waals surface area contributed by atoms with Gasteiger partial charge in [-0.15, -0.1) is 5.10 Å². The Hall–Kier alpha value is -1.97. The van der Waals surface area contributed by atoms with Crippen molar-refractivity contribution in [3.8, 4) is 0 Å². The van der Waals surface area contributed by atoms with Crippen LogP contribution in [0, 0.1) is 0 Å². The van der Waals surface area contributed by atoms with Gasteiger partial charge >= 0.3 is 0 Å². The number of nitrogens with one attached hydrogen (secondary N) is 2. The van der Waals surface area contributed by atoms with Gasteiger partial charge in [-0.1, -0.05) is 64.0 Å². The van der Waals surface area contributed by atoms with Gasteiger partial charge in [0.2, 0.25) is 11.8 Å². The van der Waals surface area contributed by atoms with Crippen LogP contribution in [0.2, 0.25) is 0 Å². The highest BCUT2D eigenvalue weighted by molar-refractivity contribution is 7.99. The van der Waals surface area contributed by atoms with Crippen molar-refractivity contribution in [2.75, 3.05) is 30.0 Å². The molecule has 11 atom stereocenters. The van der Waals surface area contributed by atoms with Gasteiger partial charge in [0, 0.05) is 12.2 Å². The molecule has 2 aliphatic rings. The van der Waals surface area contributed by atoms with Crippen molar-refractivity contribution >= 4 is 29.4 Å². The second-order valence-corrected chi connectivity index (χ2v) is 13.7. The molecular formula is C31H55N5O12S. The number of unbranched alkanes of at least 4 members (excludes halogenated alkanes) is 7. The largest absolute Gasteiger partial charge is 0.394 e. The molecule has 2 aliphatic heterocycles. The van der Waals surface area contributed by atoms with Crippen molar-refractivity contribution in [3.05, 3.63) is 6.20 Å². The van der Waals surface area contributed by atoms with E-state index in [2.05, 4.69) is 27.9 Å². The van der Waals surface area contributed by atoms with Crippen molar-refractivity contribution < 1.29 is 59.5 Å². The van der Waals surface area contributed by atoms with Crippen LogP contribution in [-0.4, -0.2) is 148 Å². The molecule has 49 heavy (non-hydrogen) atoms. The molecular weight excluding hydrogens is 666 g/mol. The maximum Gasteiger partial charge on any atom is 0.249 e. The number of carbonyl (C=O) groups excluding carboxylic acids is 2. The van der Waals surface area contributed by atoms with Gasteiger partial charge in [-0.2, -0.15) is 11.8 Å². The van der Waals surface area contributed by atoms with Crippen molar-refractivity contribution in [3.63, 3.8) is 0 Å². The zero-order valence-electron chi connectivity index (χ0n) is 28.2. The Morgan fingerprint density at radius 3 is 2.20 bits per heavy atom. The minimum Gasteiger partial charge on any atom is -0.394 e. The average Bonchev–Trinajstić information content (AvgIpc) is 3.55. The van der Waals surface area contributed by atoms with Crippen LogP contribution in [0.1, 0.15) is 84.3 Å². The fourth-order valence-corrected chi connectivity index (χ4v) is 6.60. The number of carbonyl (C=O) groups is 2. The normalized spacial score (nSPS) is 31.0. The molecule has 1 aromatic heterocycles. The van der Waals surface area contributed by atoms with Gasteiger partial charge in [0.05, 0.1) is 19.4 Å². The number of aromatic nitrogens is 3. The number of thioether (sulfide) groups is 1. The van der Waals surface area contributed by atoms with Gasteiger partial charge in [0.1, 0.15) is 54.9 Å². The number of hydrogen-bond donors (Lipinski definition) is 9. The Kier molecular flexibility index (Phi) is 18.1. The first-order chi connectivity index (χ1) is 23.6. The third-order valence-corrected chi connectivity index (χ3v) is 9.81. The number of ether oxygens (including phenoxy) is 3. The fraction of sp³-hybridized carbons (Fsp3) is 0.871. The van der Waals surface area contributed by atoms with E-state index in [1.165, 1.54) is 43.6 Å². The first-order valence-corrected chi connectivity index (χ1v) is 18.4. The number of amides is 2. The zero-order chi connectivity index (χ0) is 35.9. The minimum absolute atomic E-state index is 0.0154. The highest BCUT2D eigenvalue weighted by atomic mass is 32.2. The number of nitrogens with zero attached hydrogens (tertiary/aromatic N) is 3. The fourth-order valence-electron chi connectivity index (χ4n) is 5.67. The standard InChI is InChI=1S/C31H55N5O12S/c1-3-5-6-7-8-9-10-11-12-22(39)32-18(17-49-13-4-2)29(45)33-21-14-36(35-34-21)30-26(43)25(42)28(20(16-38)46-30)48-31-27(44)24(41)23(40)19(15-37)47-31/h14,18-20,23-28,30-31,37-38,40-44H,3-13,15-17H2,1-2H3,(H,32,39)(H,33,45)/t18-,19?,20?,23?,24?,25?,26?,27?,28?,30-,31?/m1/s1. The van der Waals surface area contributed by atoms with Crippen molar-refractivity contribution in [1.29, 1.82) is 0 Å². The lowest BCUT2D eigenvalue weighted by Gasteiger charge is -2.45. The molecule has 3 rings (SSSR count). The Labute approximate surface area is 290 Å². The molecule has 2 saturated heterocycles. The van der Waals surface area contributed by atoms with Gasteiger partial charge in [-0.25, -0.2) is 4.68 Å². The van der Waals surface area contributed by atoms with E-state index in [-0.39, 0.29) is 11.7 Å². The quantitative estimate of drug-likeness (QED) is 0.0703. The predicted molar refractivity (Wildman–Crippen MR) is 177 cm³/mol. The van der Waals surface area contributed by atoms with Crippen LogP contribution in [0.25, 0.3) is 0 Å². The molecule has 0 spiro atoms. The Balaban J connectivity index is 1.58. The van der Waals surface area contributed by atoms with E-state index in [1.54, 1.807) is 0 Å². The smallest absolute Gasteiger partial charge is 0.249 e. The van der Waals surface area contributed by atoms with Crippen LogP contribution >= 0.6 is 11.8 Å². The summed E-state index contributed by atoms with van der Waals surface area (Å²) >= 11 is 1.53. The van der Waals surface area contributed by atoms with Crippen LogP contribution in [-0.2, 0) is 23.8 Å². The van der Waals surface area contributed by atoms with Crippen LogP contribution in [0.15, 0.2) is 6.20 Å². The van der Waals surface area contributed by atoms with Crippen LogP contribution < -0.4 is 10.6 Å². The van der Waals surface area contributed by atoms with Gasteiger partial charge in [-0.3, -0.25) is 9.59 Å². The molecule has 1 aromatic rings. The molecule has 9 N–H and O–H groups in total. The van der Waals surface area contributed by atoms with E-state index in [0.29, 0.717) is 12.2 Å². The van der Waals surface area contributed by atoms with E-state index in [0.717, 1.165) is 42.5 Å². The monoisotopic (exact) mass is 721 g/mol. The van der Waals surface area contributed by atoms with Gasteiger partial charge in [0.25, 0.3) is 0 Å². The molecule has 9 unspecified atom stereocenters. The number of aliphatic hydroxyl groups is 7. The summed E-state index contributed by atoms with van der Waals surface area (Å²) in [5.74, 6) is 0.418. The van der Waals surface area contributed by atoms with Crippen molar-refractivity contribution in [2.24, 2.45) is 0 Å². The molecule has 0 aliphatic carbocycles. The summed E-state index contributed by atoms with van der Waals surface area (Å²) < 4.78 is 17.7. The van der Waals surface area contributed by atoms with Gasteiger partial charge in [0.15, 0.2) is 18.3 Å². The predicted octanol–water partition coefficient (Wildman–Crippen LogP) is -0.828. The molecule has 18 heteroatoms. The molecule has 17 nitrogen and oxygen atoms in total.